The molecule has 3 rings (SSSR count). The third-order valence-corrected chi connectivity index (χ3v) is 7.44. The molecule has 0 aliphatic heterocycles. The van der Waals surface area contributed by atoms with E-state index < -0.39 is 11.0 Å². The highest BCUT2D eigenvalue weighted by atomic mass is 32.1. The van der Waals surface area contributed by atoms with Crippen molar-refractivity contribution in [1.29, 1.82) is 0 Å². The number of esters is 1. The molecule has 32 heavy (non-hydrogen) atoms. The van der Waals surface area contributed by atoms with E-state index in [1.54, 1.807) is 11.3 Å². The molecule has 1 fully saturated rings. The number of hydrogen-bond donors (Lipinski definition) is 1. The summed E-state index contributed by atoms with van der Waals surface area (Å²) >= 11 is 1.76. The molecule has 1 saturated carbocycles. The van der Waals surface area contributed by atoms with Crippen molar-refractivity contribution < 1.29 is 14.3 Å². The van der Waals surface area contributed by atoms with Gasteiger partial charge in [0.2, 0.25) is 5.91 Å². The molecule has 0 radical (unpaired) electrons. The lowest BCUT2D eigenvalue weighted by Crippen LogP contribution is -2.42. The maximum absolute atomic E-state index is 13.2. The van der Waals surface area contributed by atoms with Crippen molar-refractivity contribution in [3.63, 3.8) is 0 Å². The lowest BCUT2D eigenvalue weighted by molar-refractivity contribution is -0.160. The Hall–Kier alpha value is -1.95. The maximum atomic E-state index is 13.2. The minimum Gasteiger partial charge on any atom is -0.460 e. The number of thiazole rings is 1. The van der Waals surface area contributed by atoms with Crippen LogP contribution in [0.3, 0.4) is 0 Å². The summed E-state index contributed by atoms with van der Waals surface area (Å²) in [7, 11) is 0. The molecular formula is C26H38N2O3S. The Kier molecular flexibility index (Phi) is 7.97. The SMILES string of the molecule is CCc1nc2ccc(CCCNC(=O)C3(C[C@@H](C)C(=O)OC(C)(C)C)CCCC3)cc2s1. The first-order valence-electron chi connectivity index (χ1n) is 12.0. The van der Waals surface area contributed by atoms with Crippen LogP contribution in [-0.4, -0.2) is 29.0 Å². The first-order valence-corrected chi connectivity index (χ1v) is 12.8. The van der Waals surface area contributed by atoms with Gasteiger partial charge in [-0.05, 0) is 77.0 Å². The van der Waals surface area contributed by atoms with E-state index in [0.717, 1.165) is 50.5 Å². The van der Waals surface area contributed by atoms with Crippen molar-refractivity contribution in [2.24, 2.45) is 11.3 Å². The number of nitrogens with one attached hydrogen (secondary N) is 1. The summed E-state index contributed by atoms with van der Waals surface area (Å²) in [6, 6.07) is 6.48. The number of rotatable bonds is 9. The normalized spacial score (nSPS) is 16.8. The second-order valence-electron chi connectivity index (χ2n) is 10.2. The van der Waals surface area contributed by atoms with Gasteiger partial charge in [0, 0.05) is 12.0 Å². The Morgan fingerprint density at radius 2 is 1.97 bits per heavy atom. The molecule has 1 N–H and O–H groups in total. The lowest BCUT2D eigenvalue weighted by atomic mass is 9.77. The number of carbonyl (C=O) groups excluding carboxylic acids is 2. The molecule has 176 valence electrons. The first-order chi connectivity index (χ1) is 15.1. The number of hydrogen-bond acceptors (Lipinski definition) is 5. The van der Waals surface area contributed by atoms with Crippen LogP contribution >= 0.6 is 11.3 Å². The van der Waals surface area contributed by atoms with Crippen molar-refractivity contribution in [3.8, 4) is 0 Å². The van der Waals surface area contributed by atoms with Gasteiger partial charge in [0.25, 0.3) is 0 Å². The van der Waals surface area contributed by atoms with Crippen LogP contribution in [-0.2, 0) is 27.2 Å². The van der Waals surface area contributed by atoms with Crippen LogP contribution < -0.4 is 5.32 Å². The zero-order valence-electron chi connectivity index (χ0n) is 20.3. The van der Waals surface area contributed by atoms with E-state index in [0.29, 0.717) is 13.0 Å². The molecule has 2 aromatic rings. The van der Waals surface area contributed by atoms with E-state index in [1.807, 2.05) is 27.7 Å². The molecule has 5 nitrogen and oxygen atoms in total. The van der Waals surface area contributed by atoms with Crippen LogP contribution in [0.5, 0.6) is 0 Å². The fourth-order valence-electron chi connectivity index (χ4n) is 4.65. The van der Waals surface area contributed by atoms with Gasteiger partial charge in [0.1, 0.15) is 5.60 Å². The highest BCUT2D eigenvalue weighted by Gasteiger charge is 2.43. The van der Waals surface area contributed by atoms with Gasteiger partial charge in [-0.15, -0.1) is 11.3 Å². The fourth-order valence-corrected chi connectivity index (χ4v) is 5.62. The second kappa shape index (κ2) is 10.3. The number of fused-ring (bicyclic) bond motifs is 1. The first kappa shape index (κ1) is 24.7. The van der Waals surface area contributed by atoms with Gasteiger partial charge in [0.15, 0.2) is 0 Å². The molecule has 0 spiro atoms. The van der Waals surface area contributed by atoms with Gasteiger partial charge < -0.3 is 10.1 Å². The average molecular weight is 459 g/mol. The van der Waals surface area contributed by atoms with E-state index in [1.165, 1.54) is 15.3 Å². The van der Waals surface area contributed by atoms with Crippen LogP contribution in [0.25, 0.3) is 10.2 Å². The third-order valence-electron chi connectivity index (χ3n) is 6.28. The number of benzene rings is 1. The number of carbonyl (C=O) groups is 2. The van der Waals surface area contributed by atoms with Crippen molar-refractivity contribution in [3.05, 3.63) is 28.8 Å². The summed E-state index contributed by atoms with van der Waals surface area (Å²) in [4.78, 5) is 30.3. The van der Waals surface area contributed by atoms with Gasteiger partial charge in [-0.1, -0.05) is 32.8 Å². The monoisotopic (exact) mass is 458 g/mol. The molecule has 0 unspecified atom stereocenters. The van der Waals surface area contributed by atoms with Crippen LogP contribution in [0.2, 0.25) is 0 Å². The van der Waals surface area contributed by atoms with E-state index in [9.17, 15) is 9.59 Å². The highest BCUT2D eigenvalue weighted by Crippen LogP contribution is 2.43. The van der Waals surface area contributed by atoms with Gasteiger partial charge in [0.05, 0.1) is 21.1 Å². The van der Waals surface area contributed by atoms with Gasteiger partial charge in [-0.25, -0.2) is 4.98 Å². The highest BCUT2D eigenvalue weighted by molar-refractivity contribution is 7.18. The van der Waals surface area contributed by atoms with E-state index >= 15 is 0 Å². The molecule has 1 aliphatic carbocycles. The Balaban J connectivity index is 1.52. The molecular weight excluding hydrogens is 420 g/mol. The van der Waals surface area contributed by atoms with Crippen molar-refractivity contribution in [2.75, 3.05) is 6.54 Å². The maximum Gasteiger partial charge on any atom is 0.309 e. The predicted molar refractivity (Wildman–Crippen MR) is 131 cm³/mol. The van der Waals surface area contributed by atoms with Gasteiger partial charge in [-0.2, -0.15) is 0 Å². The summed E-state index contributed by atoms with van der Waals surface area (Å²) in [5.41, 5.74) is 1.42. The minimum atomic E-state index is -0.503. The topological polar surface area (TPSA) is 68.3 Å². The summed E-state index contributed by atoms with van der Waals surface area (Å²) in [6.45, 7) is 10.3. The van der Waals surface area contributed by atoms with Gasteiger partial charge in [-0.3, -0.25) is 9.59 Å². The van der Waals surface area contributed by atoms with E-state index in [2.05, 4.69) is 35.4 Å². The summed E-state index contributed by atoms with van der Waals surface area (Å²) in [5.74, 6) is -0.380. The number of ether oxygens (including phenoxy) is 1. The largest absolute Gasteiger partial charge is 0.460 e. The van der Waals surface area contributed by atoms with Crippen LogP contribution in [0.4, 0.5) is 0 Å². The Morgan fingerprint density at radius 1 is 1.25 bits per heavy atom. The summed E-state index contributed by atoms with van der Waals surface area (Å²) in [6.07, 6.45) is 7.16. The minimum absolute atomic E-state index is 0.107. The standard InChI is InChI=1S/C26H38N2O3S/c1-6-22-28-20-12-11-19(16-21(20)32-22)10-9-15-27-24(30)26(13-7-8-14-26)17-18(2)23(29)31-25(3,4)5/h11-12,16,18H,6-10,13-15,17H2,1-5H3,(H,27,30)/t18-/m1/s1. The zero-order valence-corrected chi connectivity index (χ0v) is 21.1. The quantitative estimate of drug-likeness (QED) is 0.379. The summed E-state index contributed by atoms with van der Waals surface area (Å²) < 4.78 is 6.79. The Bertz CT molecular complexity index is 938. The van der Waals surface area contributed by atoms with Gasteiger partial charge >= 0.3 is 5.97 Å². The number of aryl methyl sites for hydroxylation is 2. The zero-order chi connectivity index (χ0) is 23.4. The van der Waals surface area contributed by atoms with Crippen LogP contribution in [0, 0.1) is 11.3 Å². The molecule has 0 bridgehead atoms. The lowest BCUT2D eigenvalue weighted by Gasteiger charge is -2.31. The fraction of sp³-hybridized carbons (Fsp3) is 0.654. The number of nitrogens with zero attached hydrogens (tertiary/aromatic N) is 1. The molecule has 1 aliphatic rings. The molecule has 0 saturated heterocycles. The number of aromatic nitrogens is 1. The predicted octanol–water partition coefficient (Wildman–Crippen LogP) is 5.84. The molecule has 1 aromatic heterocycles. The van der Waals surface area contributed by atoms with Crippen LogP contribution in [0.1, 0.15) is 83.7 Å². The molecule has 1 heterocycles. The van der Waals surface area contributed by atoms with E-state index in [4.69, 9.17) is 4.74 Å². The molecule has 1 atom stereocenters. The molecule has 1 aromatic carbocycles. The Labute approximate surface area is 196 Å². The van der Waals surface area contributed by atoms with Crippen molar-refractivity contribution in [1.82, 2.24) is 10.3 Å². The van der Waals surface area contributed by atoms with Crippen molar-refractivity contribution >= 4 is 33.4 Å². The summed E-state index contributed by atoms with van der Waals surface area (Å²) in [5, 5.41) is 4.35. The Morgan fingerprint density at radius 3 is 2.62 bits per heavy atom. The smallest absolute Gasteiger partial charge is 0.309 e. The second-order valence-corrected chi connectivity index (χ2v) is 11.4. The molecule has 6 heteroatoms. The van der Waals surface area contributed by atoms with Crippen LogP contribution in [0.15, 0.2) is 18.2 Å². The molecule has 1 amide bonds. The van der Waals surface area contributed by atoms with Crippen molar-refractivity contribution in [2.45, 2.75) is 91.6 Å². The van der Waals surface area contributed by atoms with E-state index in [-0.39, 0.29) is 17.8 Å². The third kappa shape index (κ3) is 6.31. The number of amides is 1. The average Bonchev–Trinajstić information content (AvgIpc) is 3.36.